The van der Waals surface area contributed by atoms with Gasteiger partial charge in [-0.15, -0.1) is 0 Å². The van der Waals surface area contributed by atoms with Crippen LogP contribution >= 0.6 is 0 Å². The molecule has 33 heavy (non-hydrogen) atoms. The van der Waals surface area contributed by atoms with Crippen LogP contribution in [0.3, 0.4) is 0 Å². The number of aromatic amines is 1. The van der Waals surface area contributed by atoms with Crippen molar-refractivity contribution in [2.24, 2.45) is 0 Å². The van der Waals surface area contributed by atoms with Crippen LogP contribution < -0.4 is 10.2 Å². The van der Waals surface area contributed by atoms with Crippen LogP contribution in [0.2, 0.25) is 0 Å². The maximum atomic E-state index is 13.9. The first-order valence-corrected chi connectivity index (χ1v) is 10.7. The fourth-order valence-electron chi connectivity index (χ4n) is 4.16. The van der Waals surface area contributed by atoms with Gasteiger partial charge in [-0.3, -0.25) is 0 Å². The molecule has 0 radical (unpaired) electrons. The molecule has 4 aromatic rings. The van der Waals surface area contributed by atoms with Crippen LogP contribution in [-0.4, -0.2) is 63.0 Å². The molecular weight excluding hydrogens is 433 g/mol. The van der Waals surface area contributed by atoms with Gasteiger partial charge >= 0.3 is 6.18 Å². The molecule has 8 nitrogen and oxygen atoms in total. The van der Waals surface area contributed by atoms with Crippen molar-refractivity contribution in [1.29, 1.82) is 0 Å². The molecule has 5 rings (SSSR count). The van der Waals surface area contributed by atoms with Crippen LogP contribution in [0.5, 0.6) is 0 Å². The predicted molar refractivity (Wildman–Crippen MR) is 120 cm³/mol. The van der Waals surface area contributed by atoms with Gasteiger partial charge in [0, 0.05) is 31.6 Å². The van der Waals surface area contributed by atoms with Crippen LogP contribution in [0, 0.1) is 0 Å². The minimum absolute atomic E-state index is 0.141. The number of imidazole rings is 1. The zero-order valence-electron chi connectivity index (χ0n) is 18.2. The van der Waals surface area contributed by atoms with Gasteiger partial charge in [-0.1, -0.05) is 12.1 Å². The molecule has 11 heteroatoms. The van der Waals surface area contributed by atoms with Gasteiger partial charge in [-0.05, 0) is 31.5 Å². The molecule has 3 aromatic heterocycles. The van der Waals surface area contributed by atoms with E-state index in [4.69, 9.17) is 4.98 Å². The highest BCUT2D eigenvalue weighted by Gasteiger charge is 2.35. The molecule has 0 unspecified atom stereocenters. The van der Waals surface area contributed by atoms with Crippen LogP contribution in [0.15, 0.2) is 36.9 Å². The minimum Gasteiger partial charge on any atom is -0.360 e. The molecule has 1 aliphatic rings. The molecular formula is C22H23F3N8. The van der Waals surface area contributed by atoms with E-state index in [1.807, 2.05) is 18.9 Å². The number of alkyl halides is 3. The van der Waals surface area contributed by atoms with E-state index in [0.29, 0.717) is 47.0 Å². The van der Waals surface area contributed by atoms with Crippen molar-refractivity contribution in [2.45, 2.75) is 19.1 Å². The number of hydrogen-bond donors (Lipinski definition) is 2. The molecule has 0 saturated carbocycles. The molecule has 0 amide bonds. The Morgan fingerprint density at radius 1 is 1.09 bits per heavy atom. The number of rotatable bonds is 4. The third kappa shape index (κ3) is 4.04. The number of halogens is 3. The van der Waals surface area contributed by atoms with Crippen molar-refractivity contribution in [1.82, 2.24) is 29.8 Å². The summed E-state index contributed by atoms with van der Waals surface area (Å²) in [5.74, 6) is 0.894. The monoisotopic (exact) mass is 456 g/mol. The third-order valence-electron chi connectivity index (χ3n) is 5.98. The Morgan fingerprint density at radius 3 is 2.64 bits per heavy atom. The van der Waals surface area contributed by atoms with Gasteiger partial charge in [-0.2, -0.15) is 13.2 Å². The van der Waals surface area contributed by atoms with Crippen molar-refractivity contribution in [3.63, 3.8) is 0 Å². The van der Waals surface area contributed by atoms with Gasteiger partial charge < -0.3 is 20.1 Å². The number of pyridine rings is 1. The lowest BCUT2D eigenvalue weighted by Crippen LogP contribution is -2.45. The topological polar surface area (TPSA) is 85.9 Å². The molecule has 0 aliphatic carbocycles. The first kappa shape index (κ1) is 21.4. The zero-order valence-corrected chi connectivity index (χ0v) is 18.2. The zero-order chi connectivity index (χ0) is 23.2. The highest BCUT2D eigenvalue weighted by atomic mass is 19.4. The quantitative estimate of drug-likeness (QED) is 0.483. The maximum absolute atomic E-state index is 13.9. The second kappa shape index (κ2) is 8.14. The molecule has 4 heterocycles. The van der Waals surface area contributed by atoms with Gasteiger partial charge in [-0.25, -0.2) is 19.9 Å². The van der Waals surface area contributed by atoms with Crippen LogP contribution in [0.1, 0.15) is 24.2 Å². The number of nitrogens with zero attached hydrogens (tertiary/aromatic N) is 6. The Hall–Kier alpha value is -3.47. The van der Waals surface area contributed by atoms with E-state index in [9.17, 15) is 13.2 Å². The largest absolute Gasteiger partial charge is 0.417 e. The van der Waals surface area contributed by atoms with Crippen LogP contribution in [-0.2, 0) is 6.18 Å². The molecule has 0 bridgehead atoms. The predicted octanol–water partition coefficient (Wildman–Crippen LogP) is 3.84. The van der Waals surface area contributed by atoms with Crippen molar-refractivity contribution < 1.29 is 13.2 Å². The number of benzene rings is 1. The maximum Gasteiger partial charge on any atom is 0.417 e. The summed E-state index contributed by atoms with van der Waals surface area (Å²) in [6.07, 6.45) is -1.51. The van der Waals surface area contributed by atoms with Gasteiger partial charge in [0.05, 0.1) is 23.6 Å². The minimum atomic E-state index is -4.47. The van der Waals surface area contributed by atoms with E-state index in [2.05, 4.69) is 30.2 Å². The van der Waals surface area contributed by atoms with E-state index in [1.165, 1.54) is 18.7 Å². The highest BCUT2D eigenvalue weighted by Crippen LogP contribution is 2.40. The summed E-state index contributed by atoms with van der Waals surface area (Å²) in [5, 5.41) is 3.93. The lowest BCUT2D eigenvalue weighted by molar-refractivity contribution is -0.136. The number of piperazine rings is 1. The Bertz CT molecular complexity index is 1290. The number of hydrogen-bond acceptors (Lipinski definition) is 7. The first-order chi connectivity index (χ1) is 15.8. The van der Waals surface area contributed by atoms with E-state index in [0.717, 1.165) is 19.2 Å². The van der Waals surface area contributed by atoms with Gasteiger partial charge in [0.15, 0.2) is 11.5 Å². The first-order valence-electron chi connectivity index (χ1n) is 10.7. The Labute approximate surface area is 187 Å². The number of anilines is 2. The van der Waals surface area contributed by atoms with Gasteiger partial charge in [0.2, 0.25) is 0 Å². The molecule has 1 aromatic carbocycles. The average molecular weight is 456 g/mol. The van der Waals surface area contributed by atoms with Crippen molar-refractivity contribution >= 4 is 33.6 Å². The molecule has 1 fully saturated rings. The fourth-order valence-corrected chi connectivity index (χ4v) is 4.16. The number of H-pyrrole nitrogens is 1. The fraction of sp³-hybridized carbons (Fsp3) is 0.364. The van der Waals surface area contributed by atoms with E-state index >= 15 is 0 Å². The lowest BCUT2D eigenvalue weighted by atomic mass is 10.0. The van der Waals surface area contributed by atoms with Crippen molar-refractivity contribution in [3.05, 3.63) is 48.2 Å². The lowest BCUT2D eigenvalue weighted by Gasteiger charge is -2.34. The SMILES string of the molecule is C[C@H](Nc1ncnc2[nH]cnc12)c1cc2cccc(C(F)(F)F)c2c(N2CCN(C)CC2)n1. The summed E-state index contributed by atoms with van der Waals surface area (Å²) in [6.45, 7) is 4.63. The molecule has 0 spiro atoms. The molecule has 172 valence electrons. The smallest absolute Gasteiger partial charge is 0.360 e. The highest BCUT2D eigenvalue weighted by molar-refractivity contribution is 5.96. The van der Waals surface area contributed by atoms with E-state index in [1.54, 1.807) is 12.1 Å². The second-order valence-corrected chi connectivity index (χ2v) is 8.25. The van der Waals surface area contributed by atoms with E-state index < -0.39 is 11.7 Å². The normalized spacial score (nSPS) is 16.5. The summed E-state index contributed by atoms with van der Waals surface area (Å²) in [7, 11) is 2.00. The molecule has 1 atom stereocenters. The number of likely N-dealkylation sites (N-methyl/N-ethyl adjacent to an activating group) is 1. The third-order valence-corrected chi connectivity index (χ3v) is 5.98. The molecule has 1 aliphatic heterocycles. The van der Waals surface area contributed by atoms with Crippen molar-refractivity contribution in [2.75, 3.05) is 43.4 Å². The Balaban J connectivity index is 1.60. The number of fused-ring (bicyclic) bond motifs is 2. The summed E-state index contributed by atoms with van der Waals surface area (Å²) in [4.78, 5) is 24.5. The summed E-state index contributed by atoms with van der Waals surface area (Å²) in [6, 6.07) is 5.66. The second-order valence-electron chi connectivity index (χ2n) is 8.25. The number of aromatic nitrogens is 5. The Kier molecular flexibility index (Phi) is 5.28. The van der Waals surface area contributed by atoms with Crippen molar-refractivity contribution in [3.8, 4) is 0 Å². The standard InChI is InChI=1S/C22H23F3N8/c1-13(30-20-18-19(27-11-26-18)28-12-29-20)16-10-14-4-3-5-15(22(23,24)25)17(14)21(31-16)33-8-6-32(2)7-9-33/h3-5,10-13H,6-9H2,1-2H3,(H2,26,27,28,29,30)/t13-/m0/s1. The summed E-state index contributed by atoms with van der Waals surface area (Å²) in [5.41, 5.74) is 1.14. The average Bonchev–Trinajstić information content (AvgIpc) is 3.28. The van der Waals surface area contributed by atoms with Crippen LogP contribution in [0.25, 0.3) is 21.9 Å². The molecule has 2 N–H and O–H groups in total. The van der Waals surface area contributed by atoms with Gasteiger partial charge in [0.1, 0.15) is 17.7 Å². The summed E-state index contributed by atoms with van der Waals surface area (Å²) >= 11 is 0. The summed E-state index contributed by atoms with van der Waals surface area (Å²) < 4.78 is 41.7. The number of nitrogens with one attached hydrogen (secondary N) is 2. The Morgan fingerprint density at radius 2 is 1.88 bits per heavy atom. The van der Waals surface area contributed by atoms with Crippen LogP contribution in [0.4, 0.5) is 24.8 Å². The molecule has 1 saturated heterocycles. The van der Waals surface area contributed by atoms with Gasteiger partial charge in [0.25, 0.3) is 0 Å². The van der Waals surface area contributed by atoms with E-state index in [-0.39, 0.29) is 11.4 Å².